The smallest absolute Gasteiger partial charge is 0.0615 e. The monoisotopic (exact) mass is 240 g/mol. The first kappa shape index (κ1) is 13.3. The Kier molecular flexibility index (Phi) is 4.11. The van der Waals surface area contributed by atoms with Crippen LogP contribution in [-0.4, -0.2) is 41.8 Å². The van der Waals surface area contributed by atoms with E-state index in [1.807, 2.05) is 0 Å². The Morgan fingerprint density at radius 1 is 1.24 bits per heavy atom. The van der Waals surface area contributed by atoms with Crippen molar-refractivity contribution in [3.63, 3.8) is 0 Å². The number of rotatable bonds is 2. The lowest BCUT2D eigenvalue weighted by molar-refractivity contribution is -0.0307. The van der Waals surface area contributed by atoms with Gasteiger partial charge in [0.25, 0.3) is 0 Å². The minimum absolute atomic E-state index is 0.0387. The lowest BCUT2D eigenvalue weighted by Crippen LogP contribution is -2.51. The van der Waals surface area contributed by atoms with Crippen molar-refractivity contribution in [2.75, 3.05) is 19.6 Å². The third-order valence-electron chi connectivity index (χ3n) is 4.71. The molecule has 2 rings (SSSR count). The SMILES string of the molecule is CC1(C)CN(CC2CCCCC2N)CCC1O. The third kappa shape index (κ3) is 3.21. The van der Waals surface area contributed by atoms with Gasteiger partial charge in [-0.15, -0.1) is 0 Å². The standard InChI is InChI=1S/C14H28N2O/c1-14(2)10-16(8-7-13(14)17)9-11-5-3-4-6-12(11)15/h11-13,17H,3-10,15H2,1-2H3. The third-order valence-corrected chi connectivity index (χ3v) is 4.71. The molecule has 3 atom stereocenters. The van der Waals surface area contributed by atoms with Crippen LogP contribution in [0.2, 0.25) is 0 Å². The summed E-state index contributed by atoms with van der Waals surface area (Å²) in [5.41, 5.74) is 6.25. The number of aliphatic hydroxyl groups excluding tert-OH is 1. The maximum Gasteiger partial charge on any atom is 0.0615 e. The molecule has 1 heterocycles. The molecule has 3 unspecified atom stereocenters. The fourth-order valence-corrected chi connectivity index (χ4v) is 3.41. The minimum Gasteiger partial charge on any atom is -0.392 e. The van der Waals surface area contributed by atoms with Crippen LogP contribution in [0, 0.1) is 11.3 Å². The second-order valence-corrected chi connectivity index (χ2v) is 6.74. The van der Waals surface area contributed by atoms with Crippen LogP contribution in [-0.2, 0) is 0 Å². The highest BCUT2D eigenvalue weighted by molar-refractivity contribution is 4.89. The van der Waals surface area contributed by atoms with Gasteiger partial charge in [0.1, 0.15) is 0 Å². The Hall–Kier alpha value is -0.120. The van der Waals surface area contributed by atoms with Crippen molar-refractivity contribution in [3.05, 3.63) is 0 Å². The number of nitrogens with zero attached hydrogens (tertiary/aromatic N) is 1. The Bertz CT molecular complexity index is 255. The van der Waals surface area contributed by atoms with Crippen LogP contribution in [0.3, 0.4) is 0 Å². The normalized spacial score (nSPS) is 39.2. The highest BCUT2D eigenvalue weighted by Gasteiger charge is 2.35. The summed E-state index contributed by atoms with van der Waals surface area (Å²) in [6, 6.07) is 0.402. The van der Waals surface area contributed by atoms with Crippen LogP contribution in [0.1, 0.15) is 46.0 Å². The van der Waals surface area contributed by atoms with Gasteiger partial charge in [-0.1, -0.05) is 26.7 Å². The quantitative estimate of drug-likeness (QED) is 0.771. The van der Waals surface area contributed by atoms with Gasteiger partial charge in [0.15, 0.2) is 0 Å². The number of likely N-dealkylation sites (tertiary alicyclic amines) is 1. The van der Waals surface area contributed by atoms with Gasteiger partial charge >= 0.3 is 0 Å². The molecule has 0 aromatic rings. The molecular formula is C14H28N2O. The summed E-state index contributed by atoms with van der Waals surface area (Å²) in [4.78, 5) is 2.52. The van der Waals surface area contributed by atoms with Crippen molar-refractivity contribution in [1.82, 2.24) is 4.90 Å². The molecule has 0 amide bonds. The molecule has 1 aliphatic carbocycles. The lowest BCUT2D eigenvalue weighted by Gasteiger charge is -2.44. The zero-order valence-corrected chi connectivity index (χ0v) is 11.4. The first-order valence-electron chi connectivity index (χ1n) is 7.15. The molecule has 3 heteroatoms. The van der Waals surface area contributed by atoms with Crippen molar-refractivity contribution in [2.45, 2.75) is 58.1 Å². The second kappa shape index (κ2) is 5.25. The highest BCUT2D eigenvalue weighted by Crippen LogP contribution is 2.31. The van der Waals surface area contributed by atoms with E-state index in [-0.39, 0.29) is 11.5 Å². The lowest BCUT2D eigenvalue weighted by atomic mass is 9.79. The average molecular weight is 240 g/mol. The van der Waals surface area contributed by atoms with E-state index in [9.17, 15) is 5.11 Å². The van der Waals surface area contributed by atoms with Crippen LogP contribution < -0.4 is 5.73 Å². The van der Waals surface area contributed by atoms with Crippen LogP contribution in [0.15, 0.2) is 0 Å². The van der Waals surface area contributed by atoms with Crippen LogP contribution >= 0.6 is 0 Å². The molecule has 100 valence electrons. The van der Waals surface area contributed by atoms with Gasteiger partial charge in [-0.3, -0.25) is 0 Å². The predicted octanol–water partition coefficient (Wildman–Crippen LogP) is 1.60. The Labute approximate surface area is 105 Å². The molecule has 17 heavy (non-hydrogen) atoms. The zero-order chi connectivity index (χ0) is 12.5. The van der Waals surface area contributed by atoms with E-state index in [1.54, 1.807) is 0 Å². The summed E-state index contributed by atoms with van der Waals surface area (Å²) in [7, 11) is 0. The predicted molar refractivity (Wildman–Crippen MR) is 70.8 cm³/mol. The van der Waals surface area contributed by atoms with E-state index in [0.29, 0.717) is 12.0 Å². The maximum absolute atomic E-state index is 9.96. The summed E-state index contributed by atoms with van der Waals surface area (Å²) in [5, 5.41) is 9.96. The highest BCUT2D eigenvalue weighted by atomic mass is 16.3. The molecule has 3 N–H and O–H groups in total. The Morgan fingerprint density at radius 3 is 2.59 bits per heavy atom. The number of nitrogens with two attached hydrogens (primary N) is 1. The van der Waals surface area contributed by atoms with E-state index >= 15 is 0 Å². The molecule has 1 saturated carbocycles. The van der Waals surface area contributed by atoms with Crippen molar-refractivity contribution in [1.29, 1.82) is 0 Å². The molecule has 2 aliphatic rings. The van der Waals surface area contributed by atoms with Gasteiger partial charge in [0.2, 0.25) is 0 Å². The van der Waals surface area contributed by atoms with Crippen LogP contribution in [0.25, 0.3) is 0 Å². The first-order valence-corrected chi connectivity index (χ1v) is 7.15. The van der Waals surface area contributed by atoms with Crippen LogP contribution in [0.4, 0.5) is 0 Å². The fraction of sp³-hybridized carbons (Fsp3) is 1.00. The zero-order valence-electron chi connectivity index (χ0n) is 11.4. The molecule has 1 aliphatic heterocycles. The van der Waals surface area contributed by atoms with Crippen molar-refractivity contribution < 1.29 is 5.11 Å². The Morgan fingerprint density at radius 2 is 1.94 bits per heavy atom. The molecule has 0 aromatic heterocycles. The molecule has 0 radical (unpaired) electrons. The topological polar surface area (TPSA) is 49.5 Å². The Balaban J connectivity index is 1.87. The molecule has 3 nitrogen and oxygen atoms in total. The van der Waals surface area contributed by atoms with E-state index in [0.717, 1.165) is 26.1 Å². The van der Waals surface area contributed by atoms with E-state index in [4.69, 9.17) is 5.73 Å². The summed E-state index contributed by atoms with van der Waals surface area (Å²) in [5.74, 6) is 0.676. The molecule has 0 spiro atoms. The van der Waals surface area contributed by atoms with Crippen molar-refractivity contribution in [3.8, 4) is 0 Å². The van der Waals surface area contributed by atoms with Gasteiger partial charge in [0.05, 0.1) is 6.10 Å². The number of hydrogen-bond acceptors (Lipinski definition) is 3. The van der Waals surface area contributed by atoms with Gasteiger partial charge in [-0.25, -0.2) is 0 Å². The summed E-state index contributed by atoms with van der Waals surface area (Å²) in [6.07, 6.45) is 5.92. The van der Waals surface area contributed by atoms with E-state index in [1.165, 1.54) is 25.7 Å². The van der Waals surface area contributed by atoms with Crippen molar-refractivity contribution in [2.24, 2.45) is 17.1 Å². The number of piperidine rings is 1. The number of aliphatic hydroxyl groups is 1. The molecule has 1 saturated heterocycles. The molecule has 0 bridgehead atoms. The molecule has 2 fully saturated rings. The maximum atomic E-state index is 9.96. The van der Waals surface area contributed by atoms with Gasteiger partial charge in [0, 0.05) is 31.1 Å². The summed E-state index contributed by atoms with van der Waals surface area (Å²) < 4.78 is 0. The van der Waals surface area contributed by atoms with Crippen LogP contribution in [0.5, 0.6) is 0 Å². The minimum atomic E-state index is -0.140. The second-order valence-electron chi connectivity index (χ2n) is 6.74. The largest absolute Gasteiger partial charge is 0.392 e. The molecular weight excluding hydrogens is 212 g/mol. The first-order chi connectivity index (χ1) is 7.99. The summed E-state index contributed by atoms with van der Waals surface area (Å²) in [6.45, 7) is 7.53. The van der Waals surface area contributed by atoms with Gasteiger partial charge in [-0.2, -0.15) is 0 Å². The van der Waals surface area contributed by atoms with E-state index in [2.05, 4.69) is 18.7 Å². The molecule has 0 aromatic carbocycles. The van der Waals surface area contributed by atoms with Gasteiger partial charge in [-0.05, 0) is 25.2 Å². The number of hydrogen-bond donors (Lipinski definition) is 2. The van der Waals surface area contributed by atoms with Gasteiger partial charge < -0.3 is 15.7 Å². The summed E-state index contributed by atoms with van der Waals surface area (Å²) >= 11 is 0. The fourth-order valence-electron chi connectivity index (χ4n) is 3.41. The van der Waals surface area contributed by atoms with E-state index < -0.39 is 0 Å². The van der Waals surface area contributed by atoms with Crippen molar-refractivity contribution >= 4 is 0 Å². The average Bonchev–Trinajstić information content (AvgIpc) is 2.26.